The predicted molar refractivity (Wildman–Crippen MR) is 89.6 cm³/mol. The van der Waals surface area contributed by atoms with Crippen molar-refractivity contribution in [3.8, 4) is 11.5 Å². The summed E-state index contributed by atoms with van der Waals surface area (Å²) in [6.07, 6.45) is 0. The topological polar surface area (TPSA) is 21.3 Å². The minimum atomic E-state index is 0.517. The Hall–Kier alpha value is -1.51. The average molecular weight is 304 g/mol. The van der Waals surface area contributed by atoms with E-state index in [-0.39, 0.29) is 0 Å². The first-order valence-corrected chi connectivity index (χ1v) is 7.60. The maximum Gasteiger partial charge on any atom is 0.146 e. The van der Waals surface area contributed by atoms with Crippen molar-refractivity contribution in [1.82, 2.24) is 5.32 Å². The molecule has 0 aliphatic rings. The van der Waals surface area contributed by atoms with Crippen LogP contribution in [0.15, 0.2) is 36.4 Å². The van der Waals surface area contributed by atoms with E-state index >= 15 is 0 Å². The van der Waals surface area contributed by atoms with Gasteiger partial charge in [0.15, 0.2) is 0 Å². The largest absolute Gasteiger partial charge is 0.456 e. The lowest BCUT2D eigenvalue weighted by molar-refractivity contribution is 0.482. The van der Waals surface area contributed by atoms with Crippen LogP contribution in [0.3, 0.4) is 0 Å². The Bertz CT molecular complexity index is 623. The molecule has 0 aliphatic heterocycles. The van der Waals surface area contributed by atoms with Gasteiger partial charge in [-0.05, 0) is 60.8 Å². The van der Waals surface area contributed by atoms with Gasteiger partial charge in [-0.15, -0.1) is 0 Å². The summed E-state index contributed by atoms with van der Waals surface area (Å²) in [6, 6.07) is 12.1. The molecular weight excluding hydrogens is 282 g/mol. The van der Waals surface area contributed by atoms with E-state index in [1.165, 1.54) is 11.1 Å². The lowest BCUT2D eigenvalue weighted by atomic mass is 9.98. The highest BCUT2D eigenvalue weighted by Crippen LogP contribution is 2.32. The highest BCUT2D eigenvalue weighted by molar-refractivity contribution is 6.32. The Balaban J connectivity index is 2.20. The van der Waals surface area contributed by atoms with Gasteiger partial charge >= 0.3 is 0 Å². The van der Waals surface area contributed by atoms with Crippen molar-refractivity contribution < 1.29 is 4.74 Å². The van der Waals surface area contributed by atoms with Crippen LogP contribution in [0.4, 0.5) is 0 Å². The van der Waals surface area contributed by atoms with E-state index < -0.39 is 0 Å². The quantitative estimate of drug-likeness (QED) is 0.811. The van der Waals surface area contributed by atoms with Crippen LogP contribution in [0.25, 0.3) is 0 Å². The molecule has 0 amide bonds. The number of hydrogen-bond acceptors (Lipinski definition) is 2. The molecule has 2 nitrogen and oxygen atoms in total. The summed E-state index contributed by atoms with van der Waals surface area (Å²) in [5.74, 6) is 2.02. The minimum Gasteiger partial charge on any atom is -0.456 e. The van der Waals surface area contributed by atoms with Crippen LogP contribution in [0.1, 0.15) is 36.5 Å². The third-order valence-electron chi connectivity index (χ3n) is 3.47. The van der Waals surface area contributed by atoms with E-state index in [0.29, 0.717) is 16.7 Å². The summed E-state index contributed by atoms with van der Waals surface area (Å²) in [7, 11) is 1.91. The lowest BCUT2D eigenvalue weighted by Gasteiger charge is -2.13. The van der Waals surface area contributed by atoms with Crippen LogP contribution >= 0.6 is 11.6 Å². The van der Waals surface area contributed by atoms with Gasteiger partial charge in [0.25, 0.3) is 0 Å². The monoisotopic (exact) mass is 303 g/mol. The summed E-state index contributed by atoms with van der Waals surface area (Å²) in [5.41, 5.74) is 3.73. The summed E-state index contributed by atoms with van der Waals surface area (Å²) in [6.45, 7) is 7.29. The van der Waals surface area contributed by atoms with E-state index in [0.717, 1.165) is 17.9 Å². The first-order chi connectivity index (χ1) is 10.0. The zero-order valence-electron chi connectivity index (χ0n) is 13.0. The minimum absolute atomic E-state index is 0.517. The maximum atomic E-state index is 6.28. The van der Waals surface area contributed by atoms with Crippen LogP contribution in [-0.4, -0.2) is 7.05 Å². The molecule has 0 atom stereocenters. The molecule has 112 valence electrons. The van der Waals surface area contributed by atoms with Crippen molar-refractivity contribution in [2.24, 2.45) is 0 Å². The Kier molecular flexibility index (Phi) is 5.27. The van der Waals surface area contributed by atoms with Crippen molar-refractivity contribution in [3.05, 3.63) is 58.1 Å². The summed E-state index contributed by atoms with van der Waals surface area (Å²) in [4.78, 5) is 0. The fourth-order valence-electron chi connectivity index (χ4n) is 2.43. The molecule has 0 saturated carbocycles. The van der Waals surface area contributed by atoms with Gasteiger partial charge in [-0.25, -0.2) is 0 Å². The fourth-order valence-corrected chi connectivity index (χ4v) is 2.67. The predicted octanol–water partition coefficient (Wildman–Crippen LogP) is 5.28. The molecule has 0 bridgehead atoms. The molecule has 0 fully saturated rings. The highest BCUT2D eigenvalue weighted by Gasteiger charge is 2.08. The summed E-state index contributed by atoms with van der Waals surface area (Å²) < 4.78 is 5.91. The van der Waals surface area contributed by atoms with Crippen molar-refractivity contribution in [2.45, 2.75) is 33.2 Å². The number of benzene rings is 2. The maximum absolute atomic E-state index is 6.28. The Morgan fingerprint density at radius 3 is 2.48 bits per heavy atom. The first kappa shape index (κ1) is 15.9. The van der Waals surface area contributed by atoms with Gasteiger partial charge in [0.2, 0.25) is 0 Å². The molecular formula is C18H22ClNO. The molecule has 0 aromatic heterocycles. The molecule has 0 saturated heterocycles. The zero-order chi connectivity index (χ0) is 15.4. The van der Waals surface area contributed by atoms with E-state index in [1.807, 2.05) is 31.3 Å². The molecule has 0 heterocycles. The second-order valence-electron chi connectivity index (χ2n) is 5.57. The van der Waals surface area contributed by atoms with Gasteiger partial charge < -0.3 is 10.1 Å². The molecule has 2 rings (SSSR count). The van der Waals surface area contributed by atoms with Crippen molar-refractivity contribution >= 4 is 11.6 Å². The standard InChI is InChI=1S/C18H22ClNO/c1-12(2)16-7-6-15(9-13(16)3)21-18-8-5-14(11-20-4)10-17(18)19/h5-10,12,20H,11H2,1-4H3. The van der Waals surface area contributed by atoms with Crippen LogP contribution in [0, 0.1) is 6.92 Å². The summed E-state index contributed by atoms with van der Waals surface area (Å²) >= 11 is 6.28. The van der Waals surface area contributed by atoms with Gasteiger partial charge in [-0.1, -0.05) is 37.6 Å². The lowest BCUT2D eigenvalue weighted by Crippen LogP contribution is -2.04. The SMILES string of the molecule is CNCc1ccc(Oc2ccc(C(C)C)c(C)c2)c(Cl)c1. The first-order valence-electron chi connectivity index (χ1n) is 7.22. The van der Waals surface area contributed by atoms with E-state index in [4.69, 9.17) is 16.3 Å². The third kappa shape index (κ3) is 3.99. The van der Waals surface area contributed by atoms with Gasteiger partial charge in [0, 0.05) is 6.54 Å². The smallest absolute Gasteiger partial charge is 0.146 e. The number of rotatable bonds is 5. The van der Waals surface area contributed by atoms with Gasteiger partial charge in [0.1, 0.15) is 11.5 Å². The average Bonchev–Trinajstić information content (AvgIpc) is 2.42. The Labute approximate surface area is 132 Å². The number of nitrogens with one attached hydrogen (secondary N) is 1. The molecule has 21 heavy (non-hydrogen) atoms. The number of aryl methyl sites for hydroxylation is 1. The summed E-state index contributed by atoms with van der Waals surface area (Å²) in [5, 5.41) is 3.74. The van der Waals surface area contributed by atoms with Crippen LogP contribution in [-0.2, 0) is 6.54 Å². The molecule has 1 N–H and O–H groups in total. The molecule has 0 aliphatic carbocycles. The molecule has 3 heteroatoms. The van der Waals surface area contributed by atoms with E-state index in [9.17, 15) is 0 Å². The van der Waals surface area contributed by atoms with Crippen LogP contribution in [0.2, 0.25) is 5.02 Å². The molecule has 0 unspecified atom stereocenters. The normalized spacial score (nSPS) is 11.0. The van der Waals surface area contributed by atoms with Crippen molar-refractivity contribution in [3.63, 3.8) is 0 Å². The Morgan fingerprint density at radius 1 is 1.14 bits per heavy atom. The van der Waals surface area contributed by atoms with E-state index in [2.05, 4.69) is 38.2 Å². The molecule has 2 aromatic rings. The molecule has 0 spiro atoms. The third-order valence-corrected chi connectivity index (χ3v) is 3.76. The second kappa shape index (κ2) is 6.97. The second-order valence-corrected chi connectivity index (χ2v) is 5.98. The molecule has 2 aromatic carbocycles. The molecule has 0 radical (unpaired) electrons. The number of ether oxygens (including phenoxy) is 1. The highest BCUT2D eigenvalue weighted by atomic mass is 35.5. The number of hydrogen-bond donors (Lipinski definition) is 1. The van der Waals surface area contributed by atoms with Crippen molar-refractivity contribution in [1.29, 1.82) is 0 Å². The number of halogens is 1. The fraction of sp³-hybridized carbons (Fsp3) is 0.333. The van der Waals surface area contributed by atoms with Crippen molar-refractivity contribution in [2.75, 3.05) is 7.05 Å². The van der Waals surface area contributed by atoms with Crippen LogP contribution in [0.5, 0.6) is 11.5 Å². The Morgan fingerprint density at radius 2 is 1.90 bits per heavy atom. The van der Waals surface area contributed by atoms with Gasteiger partial charge in [-0.3, -0.25) is 0 Å². The zero-order valence-corrected chi connectivity index (χ0v) is 13.8. The van der Waals surface area contributed by atoms with E-state index in [1.54, 1.807) is 0 Å². The van der Waals surface area contributed by atoms with Crippen LogP contribution < -0.4 is 10.1 Å². The van der Waals surface area contributed by atoms with Gasteiger partial charge in [-0.2, -0.15) is 0 Å². The van der Waals surface area contributed by atoms with Gasteiger partial charge in [0.05, 0.1) is 5.02 Å².